The standard InChI is InChI=1S/C22H24N2O2/c1-16-8-10-18(11-9-16)19(12-15-24-13-3-4-14-24)21-7-5-6-20(23-21)17(2)22(25)26/h5-12H,2-4,13-15H2,1H3,(H,25,26)/b19-12+. The van der Waals surface area contributed by atoms with Gasteiger partial charge in [-0.3, -0.25) is 4.90 Å². The molecule has 1 N–H and O–H groups in total. The molecule has 1 fully saturated rings. The summed E-state index contributed by atoms with van der Waals surface area (Å²) in [5, 5.41) is 9.20. The second-order valence-electron chi connectivity index (χ2n) is 6.68. The minimum Gasteiger partial charge on any atom is -0.478 e. The van der Waals surface area contributed by atoms with Crippen LogP contribution in [0, 0.1) is 6.92 Å². The van der Waals surface area contributed by atoms with Crippen molar-refractivity contribution < 1.29 is 9.90 Å². The van der Waals surface area contributed by atoms with Crippen LogP contribution in [0.15, 0.2) is 55.1 Å². The Morgan fingerprint density at radius 2 is 1.81 bits per heavy atom. The van der Waals surface area contributed by atoms with E-state index < -0.39 is 5.97 Å². The minimum atomic E-state index is -1.05. The molecule has 134 valence electrons. The summed E-state index contributed by atoms with van der Waals surface area (Å²) >= 11 is 0. The summed E-state index contributed by atoms with van der Waals surface area (Å²) in [5.74, 6) is -1.05. The van der Waals surface area contributed by atoms with Gasteiger partial charge < -0.3 is 5.11 Å². The van der Waals surface area contributed by atoms with Crippen LogP contribution in [0.25, 0.3) is 11.1 Å². The monoisotopic (exact) mass is 348 g/mol. The van der Waals surface area contributed by atoms with E-state index in [1.807, 2.05) is 12.1 Å². The minimum absolute atomic E-state index is 0.00893. The molecular weight excluding hydrogens is 324 g/mol. The lowest BCUT2D eigenvalue weighted by Gasteiger charge is -2.15. The van der Waals surface area contributed by atoms with Gasteiger partial charge in [0.05, 0.1) is 17.0 Å². The fourth-order valence-corrected chi connectivity index (χ4v) is 3.15. The fourth-order valence-electron chi connectivity index (χ4n) is 3.15. The summed E-state index contributed by atoms with van der Waals surface area (Å²) < 4.78 is 0. The van der Waals surface area contributed by atoms with E-state index in [0.29, 0.717) is 5.69 Å². The number of aromatic nitrogens is 1. The molecule has 0 spiro atoms. The Balaban J connectivity index is 1.98. The van der Waals surface area contributed by atoms with E-state index in [-0.39, 0.29) is 5.57 Å². The molecule has 1 aliphatic rings. The van der Waals surface area contributed by atoms with E-state index in [2.05, 4.69) is 53.7 Å². The molecule has 0 unspecified atom stereocenters. The molecule has 1 aromatic heterocycles. The van der Waals surface area contributed by atoms with Crippen LogP contribution in [0.2, 0.25) is 0 Å². The van der Waals surface area contributed by atoms with Crippen LogP contribution < -0.4 is 0 Å². The number of hydrogen-bond donors (Lipinski definition) is 1. The lowest BCUT2D eigenvalue weighted by atomic mass is 9.99. The molecule has 1 aliphatic heterocycles. The summed E-state index contributed by atoms with van der Waals surface area (Å²) in [6.45, 7) is 8.81. The van der Waals surface area contributed by atoms with Gasteiger partial charge in [-0.15, -0.1) is 0 Å². The maximum absolute atomic E-state index is 11.2. The van der Waals surface area contributed by atoms with Crippen molar-refractivity contribution in [1.82, 2.24) is 9.88 Å². The van der Waals surface area contributed by atoms with Gasteiger partial charge >= 0.3 is 5.97 Å². The number of carboxylic acids is 1. The molecule has 2 heterocycles. The van der Waals surface area contributed by atoms with Crippen molar-refractivity contribution in [2.24, 2.45) is 0 Å². The number of carbonyl (C=O) groups is 1. The van der Waals surface area contributed by atoms with Gasteiger partial charge in [0.2, 0.25) is 0 Å². The van der Waals surface area contributed by atoms with E-state index in [4.69, 9.17) is 0 Å². The first-order valence-corrected chi connectivity index (χ1v) is 8.94. The predicted molar refractivity (Wildman–Crippen MR) is 105 cm³/mol. The van der Waals surface area contributed by atoms with Crippen molar-refractivity contribution in [3.8, 4) is 0 Å². The van der Waals surface area contributed by atoms with Gasteiger partial charge in [-0.2, -0.15) is 0 Å². The van der Waals surface area contributed by atoms with E-state index in [1.54, 1.807) is 6.07 Å². The molecule has 0 aliphatic carbocycles. The number of hydrogen-bond acceptors (Lipinski definition) is 3. The number of likely N-dealkylation sites (tertiary alicyclic amines) is 1. The third-order valence-electron chi connectivity index (χ3n) is 4.71. The van der Waals surface area contributed by atoms with Crippen LogP contribution in [0.5, 0.6) is 0 Å². The first-order valence-electron chi connectivity index (χ1n) is 8.94. The van der Waals surface area contributed by atoms with Gasteiger partial charge in [-0.1, -0.05) is 48.6 Å². The molecule has 1 aromatic carbocycles. The maximum atomic E-state index is 11.2. The number of aliphatic carboxylic acids is 1. The quantitative estimate of drug-likeness (QED) is 0.801. The number of pyridine rings is 1. The number of nitrogens with zero attached hydrogens (tertiary/aromatic N) is 2. The highest BCUT2D eigenvalue weighted by atomic mass is 16.4. The second-order valence-corrected chi connectivity index (χ2v) is 6.68. The zero-order valence-corrected chi connectivity index (χ0v) is 15.1. The highest BCUT2D eigenvalue weighted by Gasteiger charge is 2.14. The van der Waals surface area contributed by atoms with E-state index >= 15 is 0 Å². The average Bonchev–Trinajstić information content (AvgIpc) is 3.16. The number of carboxylic acid groups (broad SMARTS) is 1. The number of rotatable bonds is 6. The third-order valence-corrected chi connectivity index (χ3v) is 4.71. The van der Waals surface area contributed by atoms with Crippen molar-refractivity contribution in [3.63, 3.8) is 0 Å². The molecule has 26 heavy (non-hydrogen) atoms. The van der Waals surface area contributed by atoms with Gasteiger partial charge in [0, 0.05) is 12.1 Å². The lowest BCUT2D eigenvalue weighted by Crippen LogP contribution is -2.19. The fraction of sp³-hybridized carbons (Fsp3) is 0.273. The Bertz CT molecular complexity index is 831. The van der Waals surface area contributed by atoms with Gasteiger partial charge in [-0.25, -0.2) is 9.78 Å². The maximum Gasteiger partial charge on any atom is 0.337 e. The Hall–Kier alpha value is -2.72. The highest BCUT2D eigenvalue weighted by Crippen LogP contribution is 2.24. The summed E-state index contributed by atoms with van der Waals surface area (Å²) in [5.41, 5.74) is 4.49. The molecule has 1 saturated heterocycles. The molecule has 0 atom stereocenters. The highest BCUT2D eigenvalue weighted by molar-refractivity contribution is 6.13. The molecule has 3 rings (SSSR count). The van der Waals surface area contributed by atoms with Crippen LogP contribution in [0.3, 0.4) is 0 Å². The van der Waals surface area contributed by atoms with Crippen LogP contribution >= 0.6 is 0 Å². The summed E-state index contributed by atoms with van der Waals surface area (Å²) in [7, 11) is 0. The van der Waals surface area contributed by atoms with Crippen LogP contribution in [-0.4, -0.2) is 40.6 Å². The SMILES string of the molecule is C=C(C(=O)O)c1cccc(/C(=C/CN2CCCC2)c2ccc(C)cc2)n1. The van der Waals surface area contributed by atoms with E-state index in [1.165, 1.54) is 18.4 Å². The van der Waals surface area contributed by atoms with Crippen molar-refractivity contribution in [1.29, 1.82) is 0 Å². The summed E-state index contributed by atoms with van der Waals surface area (Å²) in [6, 6.07) is 13.8. The van der Waals surface area contributed by atoms with Crippen molar-refractivity contribution in [3.05, 3.63) is 77.6 Å². The molecule has 0 bridgehead atoms. The van der Waals surface area contributed by atoms with E-state index in [0.717, 1.165) is 36.5 Å². The lowest BCUT2D eigenvalue weighted by molar-refractivity contribution is -0.130. The number of aryl methyl sites for hydroxylation is 1. The van der Waals surface area contributed by atoms with Gasteiger partial charge in [-0.05, 0) is 50.6 Å². The van der Waals surface area contributed by atoms with E-state index in [9.17, 15) is 9.90 Å². The topological polar surface area (TPSA) is 53.4 Å². The molecule has 0 radical (unpaired) electrons. The first kappa shape index (κ1) is 18.1. The zero-order chi connectivity index (χ0) is 18.5. The number of benzene rings is 1. The second kappa shape index (κ2) is 8.11. The Morgan fingerprint density at radius 3 is 2.46 bits per heavy atom. The Labute approximate surface area is 154 Å². The Morgan fingerprint density at radius 1 is 1.15 bits per heavy atom. The average molecular weight is 348 g/mol. The smallest absolute Gasteiger partial charge is 0.337 e. The van der Waals surface area contributed by atoms with Crippen LogP contribution in [0.1, 0.15) is 35.4 Å². The largest absolute Gasteiger partial charge is 0.478 e. The van der Waals surface area contributed by atoms with Gasteiger partial charge in [0.1, 0.15) is 0 Å². The van der Waals surface area contributed by atoms with Gasteiger partial charge in [0.25, 0.3) is 0 Å². The Kier molecular flexibility index (Phi) is 5.64. The molecule has 4 heteroatoms. The predicted octanol–water partition coefficient (Wildman–Crippen LogP) is 4.02. The molecule has 4 nitrogen and oxygen atoms in total. The summed E-state index contributed by atoms with van der Waals surface area (Å²) in [6.07, 6.45) is 4.70. The van der Waals surface area contributed by atoms with Crippen molar-refractivity contribution in [2.75, 3.05) is 19.6 Å². The first-order chi connectivity index (χ1) is 12.5. The van der Waals surface area contributed by atoms with Crippen molar-refractivity contribution >= 4 is 17.1 Å². The zero-order valence-electron chi connectivity index (χ0n) is 15.1. The van der Waals surface area contributed by atoms with Crippen LogP contribution in [0.4, 0.5) is 0 Å². The molecule has 0 amide bonds. The molecule has 0 saturated carbocycles. The van der Waals surface area contributed by atoms with Gasteiger partial charge in [0.15, 0.2) is 0 Å². The third kappa shape index (κ3) is 4.27. The summed E-state index contributed by atoms with van der Waals surface area (Å²) in [4.78, 5) is 18.2. The normalized spacial score (nSPS) is 15.2. The molecular formula is C22H24N2O2. The molecule has 2 aromatic rings. The van der Waals surface area contributed by atoms with Crippen molar-refractivity contribution in [2.45, 2.75) is 19.8 Å². The van der Waals surface area contributed by atoms with Crippen LogP contribution in [-0.2, 0) is 4.79 Å².